The molecule has 37 heavy (non-hydrogen) atoms. The minimum absolute atomic E-state index is 0.0779. The summed E-state index contributed by atoms with van der Waals surface area (Å²) in [4.78, 5) is 52.0. The largest absolute Gasteiger partial charge is 0.487 e. The van der Waals surface area contributed by atoms with E-state index in [-0.39, 0.29) is 48.7 Å². The first kappa shape index (κ1) is 26.2. The van der Waals surface area contributed by atoms with E-state index in [0.29, 0.717) is 22.5 Å². The number of Topliss-reactive ketones (excluding diaryl/α,β-unsaturated/α-hetero) is 1. The molecule has 1 aromatic carbocycles. The van der Waals surface area contributed by atoms with Gasteiger partial charge in [-0.25, -0.2) is 14.4 Å². The first-order valence-corrected chi connectivity index (χ1v) is 12.0. The number of rotatable bonds is 5. The molecule has 0 saturated carbocycles. The van der Waals surface area contributed by atoms with Crippen molar-refractivity contribution in [3.63, 3.8) is 0 Å². The molecule has 4 rings (SSSR count). The van der Waals surface area contributed by atoms with Crippen molar-refractivity contribution in [3.8, 4) is 17.2 Å². The Labute approximate surface area is 214 Å². The molecular weight excluding hydrogens is 484 g/mol. The molecule has 10 heteroatoms. The number of hydrogen-bond acceptors (Lipinski definition) is 10. The number of carbonyl (C=O) groups excluding carboxylic acids is 4. The molecule has 0 spiro atoms. The highest BCUT2D eigenvalue weighted by molar-refractivity contribution is 6.38. The molecule has 0 bridgehead atoms. The van der Waals surface area contributed by atoms with Gasteiger partial charge >= 0.3 is 17.9 Å². The smallest absolute Gasteiger partial charge is 0.375 e. The first-order chi connectivity index (χ1) is 17.6. The molecule has 0 saturated heterocycles. The van der Waals surface area contributed by atoms with Crippen molar-refractivity contribution in [1.29, 1.82) is 0 Å². The van der Waals surface area contributed by atoms with Crippen LogP contribution in [-0.4, -0.2) is 51.3 Å². The van der Waals surface area contributed by atoms with Gasteiger partial charge in [-0.3, -0.25) is 4.79 Å². The Hall–Kier alpha value is -3.82. The molecule has 0 amide bonds. The highest BCUT2D eigenvalue weighted by Crippen LogP contribution is 2.59. The van der Waals surface area contributed by atoms with Crippen molar-refractivity contribution < 1.29 is 47.6 Å². The third kappa shape index (κ3) is 4.14. The minimum Gasteiger partial charge on any atom is -0.487 e. The fourth-order valence-corrected chi connectivity index (χ4v) is 5.10. The van der Waals surface area contributed by atoms with E-state index in [4.69, 9.17) is 28.4 Å². The van der Waals surface area contributed by atoms with Crippen LogP contribution >= 0.6 is 0 Å². The molecule has 3 aliphatic rings. The standard InChI is InChI=1S/C27H30O10/c1-7-13(2)25(30)37-21-15(4)14(3)8-16(9-19(28)32-5)27(24(29)26(31)33-6)11-34-23-20(27)17(21)10-18-22(23)36-12-35-18/h7,9-10,14-15,21H,8,11-12H2,1-6H3/b13-7-,16-9-/t14-,15-,21-,27+/m1/s1. The lowest BCUT2D eigenvalue weighted by Crippen LogP contribution is -2.47. The minimum atomic E-state index is -1.73. The van der Waals surface area contributed by atoms with E-state index in [1.54, 1.807) is 26.0 Å². The second-order valence-electron chi connectivity index (χ2n) is 9.45. The van der Waals surface area contributed by atoms with E-state index in [2.05, 4.69) is 0 Å². The number of carbonyl (C=O) groups is 4. The average molecular weight is 515 g/mol. The van der Waals surface area contributed by atoms with Crippen molar-refractivity contribution in [2.75, 3.05) is 27.6 Å². The summed E-state index contributed by atoms with van der Waals surface area (Å²) in [5.41, 5.74) is -0.263. The summed E-state index contributed by atoms with van der Waals surface area (Å²) in [7, 11) is 2.33. The second-order valence-corrected chi connectivity index (χ2v) is 9.45. The zero-order valence-electron chi connectivity index (χ0n) is 21.7. The molecule has 2 aliphatic heterocycles. The normalized spacial score (nSPS) is 26.9. The molecule has 0 N–H and O–H groups in total. The predicted molar refractivity (Wildman–Crippen MR) is 128 cm³/mol. The highest BCUT2D eigenvalue weighted by atomic mass is 16.7. The van der Waals surface area contributed by atoms with Crippen molar-refractivity contribution >= 4 is 23.7 Å². The predicted octanol–water partition coefficient (Wildman–Crippen LogP) is 3.11. The van der Waals surface area contributed by atoms with Crippen molar-refractivity contribution in [1.82, 2.24) is 0 Å². The number of fused-ring (bicyclic) bond motifs is 2. The van der Waals surface area contributed by atoms with Gasteiger partial charge < -0.3 is 28.4 Å². The van der Waals surface area contributed by atoms with Gasteiger partial charge in [0.05, 0.1) is 14.2 Å². The Morgan fingerprint density at radius 1 is 1.03 bits per heavy atom. The van der Waals surface area contributed by atoms with Crippen LogP contribution in [0.25, 0.3) is 0 Å². The van der Waals surface area contributed by atoms with Gasteiger partial charge in [0.25, 0.3) is 5.78 Å². The number of methoxy groups -OCH3 is 2. The van der Waals surface area contributed by atoms with Crippen LogP contribution in [0, 0.1) is 11.8 Å². The molecule has 4 atom stereocenters. The van der Waals surface area contributed by atoms with Gasteiger partial charge in [-0.05, 0) is 37.8 Å². The number of ether oxygens (including phenoxy) is 6. The molecule has 0 aromatic heterocycles. The van der Waals surface area contributed by atoms with Crippen molar-refractivity contribution in [2.24, 2.45) is 11.8 Å². The van der Waals surface area contributed by atoms with Gasteiger partial charge in [-0.1, -0.05) is 19.9 Å². The van der Waals surface area contributed by atoms with Crippen molar-refractivity contribution in [3.05, 3.63) is 40.5 Å². The van der Waals surface area contributed by atoms with Gasteiger partial charge in [0.1, 0.15) is 18.1 Å². The molecule has 0 fully saturated rings. The SMILES string of the molecule is C/C=C(/C)C(=O)O[C@H]1c2cc3c(c4c2[C@](C(=O)C(=O)OC)(CO4)/C(=C\C(=O)OC)C[C@@H](C)[C@H]1C)OCO3. The number of ketones is 1. The summed E-state index contributed by atoms with van der Waals surface area (Å²) < 4.78 is 33.1. The molecule has 0 unspecified atom stereocenters. The number of esters is 3. The van der Waals surface area contributed by atoms with E-state index >= 15 is 0 Å². The van der Waals surface area contributed by atoms with E-state index < -0.39 is 35.2 Å². The Morgan fingerprint density at radius 2 is 1.76 bits per heavy atom. The summed E-state index contributed by atoms with van der Waals surface area (Å²) in [5.74, 6) is -2.87. The van der Waals surface area contributed by atoms with E-state index in [0.717, 1.165) is 7.11 Å². The van der Waals surface area contributed by atoms with Crippen LogP contribution in [0.4, 0.5) is 0 Å². The average Bonchev–Trinajstić information content (AvgIpc) is 3.53. The highest BCUT2D eigenvalue weighted by Gasteiger charge is 2.58. The molecule has 2 heterocycles. The summed E-state index contributed by atoms with van der Waals surface area (Å²) in [6.07, 6.45) is 2.26. The van der Waals surface area contributed by atoms with Gasteiger partial charge in [0.2, 0.25) is 12.5 Å². The topological polar surface area (TPSA) is 124 Å². The van der Waals surface area contributed by atoms with Crippen molar-refractivity contribution in [2.45, 2.75) is 45.6 Å². The Kier molecular flexibility index (Phi) is 7.03. The summed E-state index contributed by atoms with van der Waals surface area (Å²) in [6.45, 7) is 6.86. The molecule has 10 nitrogen and oxygen atoms in total. The third-order valence-electron chi connectivity index (χ3n) is 7.52. The van der Waals surface area contributed by atoms with Crippen LogP contribution in [-0.2, 0) is 38.8 Å². The molecule has 1 aliphatic carbocycles. The quantitative estimate of drug-likeness (QED) is 0.251. The molecule has 198 valence electrons. The lowest BCUT2D eigenvalue weighted by molar-refractivity contribution is -0.154. The van der Waals surface area contributed by atoms with Gasteiger partial charge in [-0.15, -0.1) is 0 Å². The summed E-state index contributed by atoms with van der Waals surface area (Å²) >= 11 is 0. The van der Waals surface area contributed by atoms with Crippen LogP contribution in [0.1, 0.15) is 51.3 Å². The molecule has 1 aromatic rings. The van der Waals surface area contributed by atoms with Gasteiger partial charge in [0, 0.05) is 28.7 Å². The molecular formula is C27H30O10. The maximum atomic E-state index is 13.9. The Morgan fingerprint density at radius 3 is 2.41 bits per heavy atom. The van der Waals surface area contributed by atoms with E-state index in [9.17, 15) is 19.2 Å². The van der Waals surface area contributed by atoms with Crippen LogP contribution in [0.15, 0.2) is 29.4 Å². The fourth-order valence-electron chi connectivity index (χ4n) is 5.10. The third-order valence-corrected chi connectivity index (χ3v) is 7.52. The second kappa shape index (κ2) is 9.91. The number of allylic oxidation sites excluding steroid dienone is 1. The number of benzene rings is 1. The van der Waals surface area contributed by atoms with Crippen LogP contribution in [0.2, 0.25) is 0 Å². The van der Waals surface area contributed by atoms with E-state index in [1.807, 2.05) is 13.8 Å². The fraction of sp³-hybridized carbons (Fsp3) is 0.481. The summed E-state index contributed by atoms with van der Waals surface area (Å²) in [5, 5.41) is 0. The lowest BCUT2D eigenvalue weighted by Gasteiger charge is -2.39. The van der Waals surface area contributed by atoms with E-state index in [1.165, 1.54) is 13.2 Å². The maximum absolute atomic E-state index is 13.9. The summed E-state index contributed by atoms with van der Waals surface area (Å²) in [6, 6.07) is 1.66. The first-order valence-electron chi connectivity index (χ1n) is 12.0. The maximum Gasteiger partial charge on any atom is 0.375 e. The Balaban J connectivity index is 2.08. The lowest BCUT2D eigenvalue weighted by atomic mass is 9.63. The monoisotopic (exact) mass is 514 g/mol. The Bertz CT molecular complexity index is 1230. The number of hydrogen-bond donors (Lipinski definition) is 0. The van der Waals surface area contributed by atoms with Crippen LogP contribution < -0.4 is 14.2 Å². The van der Waals surface area contributed by atoms with Crippen LogP contribution in [0.3, 0.4) is 0 Å². The van der Waals surface area contributed by atoms with Gasteiger partial charge in [0.15, 0.2) is 11.5 Å². The van der Waals surface area contributed by atoms with Gasteiger partial charge in [-0.2, -0.15) is 0 Å². The van der Waals surface area contributed by atoms with Crippen LogP contribution in [0.5, 0.6) is 17.2 Å². The zero-order chi connectivity index (χ0) is 27.1. The molecule has 0 radical (unpaired) electrons. The zero-order valence-corrected chi connectivity index (χ0v) is 21.7.